The molecule has 4 rings (SSSR count). The highest BCUT2D eigenvalue weighted by molar-refractivity contribution is 5.91. The summed E-state index contributed by atoms with van der Waals surface area (Å²) in [6, 6.07) is 34.7. The highest BCUT2D eigenvalue weighted by atomic mass is 16.5. The van der Waals surface area contributed by atoms with Crippen LogP contribution in [0.4, 0.5) is 0 Å². The minimum atomic E-state index is -0.409. The van der Waals surface area contributed by atoms with E-state index in [1.54, 1.807) is 24.3 Å². The zero-order chi connectivity index (χ0) is 29.2. The molecule has 0 saturated carbocycles. The number of ether oxygens (including phenoxy) is 2. The number of carbonyl (C=O) groups is 2. The summed E-state index contributed by atoms with van der Waals surface area (Å²) < 4.78 is 11.7. The molecule has 0 radical (unpaired) electrons. The third-order valence-corrected chi connectivity index (χ3v) is 7.25. The second kappa shape index (κ2) is 14.4. The Kier molecular flexibility index (Phi) is 10.5. The molecule has 1 atom stereocenters. The lowest BCUT2D eigenvalue weighted by Gasteiger charge is -2.32. The highest BCUT2D eigenvalue weighted by Gasteiger charge is 2.24. The lowest BCUT2D eigenvalue weighted by Crippen LogP contribution is -2.38. The van der Waals surface area contributed by atoms with Crippen molar-refractivity contribution in [2.24, 2.45) is 0 Å². The lowest BCUT2D eigenvalue weighted by molar-refractivity contribution is 0.0472. The maximum atomic E-state index is 13.1. The number of hydrogen-bond donors (Lipinski definition) is 0. The van der Waals surface area contributed by atoms with Crippen LogP contribution in [-0.2, 0) is 11.3 Å². The van der Waals surface area contributed by atoms with Crippen molar-refractivity contribution in [3.05, 3.63) is 137 Å². The average molecular weight is 550 g/mol. The van der Waals surface area contributed by atoms with Gasteiger partial charge in [0.25, 0.3) is 0 Å². The molecule has 0 heterocycles. The van der Waals surface area contributed by atoms with E-state index in [9.17, 15) is 9.59 Å². The summed E-state index contributed by atoms with van der Waals surface area (Å²) in [5.74, 6) is -0.324. The molecule has 0 aliphatic rings. The van der Waals surface area contributed by atoms with Crippen LogP contribution in [0, 0.1) is 0 Å². The van der Waals surface area contributed by atoms with E-state index < -0.39 is 5.97 Å². The molecule has 212 valence electrons. The zero-order valence-corrected chi connectivity index (χ0v) is 24.3. The van der Waals surface area contributed by atoms with E-state index in [1.807, 2.05) is 72.8 Å². The van der Waals surface area contributed by atoms with Gasteiger partial charge in [-0.2, -0.15) is 0 Å². The molecular formula is C36H39NO4. The van der Waals surface area contributed by atoms with Crippen molar-refractivity contribution in [1.29, 1.82) is 0 Å². The van der Waals surface area contributed by atoms with E-state index in [-0.39, 0.29) is 18.5 Å². The predicted octanol–water partition coefficient (Wildman–Crippen LogP) is 7.90. The second-order valence-electron chi connectivity index (χ2n) is 10.7. The van der Waals surface area contributed by atoms with Gasteiger partial charge in [0.05, 0.1) is 11.1 Å². The van der Waals surface area contributed by atoms with Gasteiger partial charge >= 0.3 is 11.9 Å². The second-order valence-corrected chi connectivity index (χ2v) is 10.7. The summed E-state index contributed by atoms with van der Waals surface area (Å²) in [4.78, 5) is 28.2. The molecule has 0 unspecified atom stereocenters. The Labute approximate surface area is 243 Å². The van der Waals surface area contributed by atoms with Gasteiger partial charge in [-0.15, -0.1) is 0 Å². The van der Waals surface area contributed by atoms with Crippen molar-refractivity contribution in [2.45, 2.75) is 58.7 Å². The molecule has 41 heavy (non-hydrogen) atoms. The predicted molar refractivity (Wildman–Crippen MR) is 163 cm³/mol. The Morgan fingerprint density at radius 2 is 1.22 bits per heavy atom. The summed E-state index contributed by atoms with van der Waals surface area (Å²) >= 11 is 0. The molecule has 0 aromatic heterocycles. The number of benzene rings is 4. The van der Waals surface area contributed by atoms with Crippen molar-refractivity contribution < 1.29 is 19.1 Å². The van der Waals surface area contributed by atoms with Gasteiger partial charge in [0, 0.05) is 23.6 Å². The first-order valence-electron chi connectivity index (χ1n) is 14.3. The molecule has 0 bridgehead atoms. The van der Waals surface area contributed by atoms with E-state index in [2.05, 4.69) is 44.7 Å². The minimum Gasteiger partial charge on any atom is -0.457 e. The maximum Gasteiger partial charge on any atom is 0.343 e. The van der Waals surface area contributed by atoms with Gasteiger partial charge in [0.15, 0.2) is 0 Å². The third kappa shape index (κ3) is 8.15. The van der Waals surface area contributed by atoms with Crippen molar-refractivity contribution in [1.82, 2.24) is 4.90 Å². The summed E-state index contributed by atoms with van der Waals surface area (Å²) in [5.41, 5.74) is 3.85. The van der Waals surface area contributed by atoms with Gasteiger partial charge in [-0.25, -0.2) is 9.59 Å². The summed E-state index contributed by atoms with van der Waals surface area (Å²) in [6.45, 7) is 9.84. The van der Waals surface area contributed by atoms with Crippen LogP contribution in [-0.4, -0.2) is 35.5 Å². The van der Waals surface area contributed by atoms with Gasteiger partial charge in [-0.1, -0.05) is 72.8 Å². The Bertz CT molecular complexity index is 1390. The monoisotopic (exact) mass is 549 g/mol. The van der Waals surface area contributed by atoms with E-state index in [0.717, 1.165) is 29.7 Å². The number of nitrogens with zero attached hydrogens (tertiary/aromatic N) is 1. The SMILES string of the molecule is CC(C)N(CC[C@H](c1ccccc1)c1cc(COC(=O)c2ccccc2)ccc1OC(=O)c1ccccc1)C(C)C. The van der Waals surface area contributed by atoms with E-state index in [0.29, 0.717) is 29.0 Å². The lowest BCUT2D eigenvalue weighted by atomic mass is 9.86. The Morgan fingerprint density at radius 1 is 0.683 bits per heavy atom. The van der Waals surface area contributed by atoms with Gasteiger partial charge in [0.2, 0.25) is 0 Å². The first-order chi connectivity index (χ1) is 19.8. The first-order valence-corrected chi connectivity index (χ1v) is 14.3. The van der Waals surface area contributed by atoms with E-state index >= 15 is 0 Å². The molecule has 5 nitrogen and oxygen atoms in total. The number of rotatable bonds is 12. The normalized spacial score (nSPS) is 12.0. The fourth-order valence-corrected chi connectivity index (χ4v) is 5.17. The van der Waals surface area contributed by atoms with E-state index in [1.165, 1.54) is 0 Å². The van der Waals surface area contributed by atoms with Crippen LogP contribution in [0.25, 0.3) is 0 Å². The van der Waals surface area contributed by atoms with Crippen LogP contribution in [0.3, 0.4) is 0 Å². The Balaban J connectivity index is 1.69. The first kappa shape index (κ1) is 29.8. The van der Waals surface area contributed by atoms with Crippen LogP contribution >= 0.6 is 0 Å². The molecule has 5 heteroatoms. The van der Waals surface area contributed by atoms with Crippen molar-refractivity contribution >= 4 is 11.9 Å². The van der Waals surface area contributed by atoms with Crippen molar-refractivity contribution in [3.63, 3.8) is 0 Å². The van der Waals surface area contributed by atoms with Crippen molar-refractivity contribution in [3.8, 4) is 5.75 Å². The van der Waals surface area contributed by atoms with Crippen LogP contribution in [0.1, 0.15) is 77.4 Å². The molecule has 0 spiro atoms. The van der Waals surface area contributed by atoms with Gasteiger partial charge in [0.1, 0.15) is 12.4 Å². The fraction of sp³-hybridized carbons (Fsp3) is 0.278. The molecule has 4 aromatic carbocycles. The molecule has 0 aliphatic carbocycles. The molecule has 0 N–H and O–H groups in total. The number of carbonyl (C=O) groups excluding carboxylic acids is 2. The smallest absolute Gasteiger partial charge is 0.343 e. The molecule has 0 fully saturated rings. The van der Waals surface area contributed by atoms with Gasteiger partial charge < -0.3 is 9.47 Å². The number of hydrogen-bond acceptors (Lipinski definition) is 5. The zero-order valence-electron chi connectivity index (χ0n) is 24.3. The molecule has 0 amide bonds. The third-order valence-electron chi connectivity index (χ3n) is 7.25. The quantitative estimate of drug-likeness (QED) is 0.133. The van der Waals surface area contributed by atoms with Crippen LogP contribution in [0.2, 0.25) is 0 Å². The Hall–Kier alpha value is -4.22. The summed E-state index contributed by atoms with van der Waals surface area (Å²) in [7, 11) is 0. The summed E-state index contributed by atoms with van der Waals surface area (Å²) in [5, 5.41) is 0. The van der Waals surface area contributed by atoms with Crippen LogP contribution in [0.15, 0.2) is 109 Å². The molecule has 0 aliphatic heterocycles. The molecular weight excluding hydrogens is 510 g/mol. The van der Waals surface area contributed by atoms with Gasteiger partial charge in [-0.05, 0) is 88.2 Å². The largest absolute Gasteiger partial charge is 0.457 e. The maximum absolute atomic E-state index is 13.1. The van der Waals surface area contributed by atoms with Gasteiger partial charge in [-0.3, -0.25) is 4.90 Å². The molecule has 0 saturated heterocycles. The topological polar surface area (TPSA) is 55.8 Å². The van der Waals surface area contributed by atoms with Crippen LogP contribution in [0.5, 0.6) is 5.75 Å². The van der Waals surface area contributed by atoms with Crippen LogP contribution < -0.4 is 4.74 Å². The molecule has 4 aromatic rings. The Morgan fingerprint density at radius 3 is 1.78 bits per heavy atom. The standard InChI is InChI=1S/C36H39NO4/c1-26(2)37(27(3)4)23-22-32(29-14-8-5-9-15-29)33-24-28(25-40-35(38)30-16-10-6-11-17-30)20-21-34(33)41-36(39)31-18-12-7-13-19-31/h5-21,24,26-27,32H,22-23,25H2,1-4H3/t32-/m1/s1. The number of esters is 2. The summed E-state index contributed by atoms with van der Waals surface area (Å²) in [6.07, 6.45) is 0.823. The highest BCUT2D eigenvalue weighted by Crippen LogP contribution is 2.36. The fourth-order valence-electron chi connectivity index (χ4n) is 5.17. The average Bonchev–Trinajstić information content (AvgIpc) is 2.99. The van der Waals surface area contributed by atoms with E-state index in [4.69, 9.17) is 9.47 Å². The van der Waals surface area contributed by atoms with Crippen molar-refractivity contribution in [2.75, 3.05) is 6.54 Å². The minimum absolute atomic E-state index is 0.0421.